The summed E-state index contributed by atoms with van der Waals surface area (Å²) in [6.45, 7) is 10.2. The van der Waals surface area contributed by atoms with Gasteiger partial charge in [0.15, 0.2) is 0 Å². The summed E-state index contributed by atoms with van der Waals surface area (Å²) < 4.78 is 68.1. The Bertz CT molecular complexity index is 1450. The van der Waals surface area contributed by atoms with Crippen molar-refractivity contribution < 1.29 is 55.9 Å². The van der Waals surface area contributed by atoms with E-state index in [2.05, 4.69) is 42.8 Å². The average Bonchev–Trinajstić information content (AvgIpc) is 3.61. The molecule has 19 nitrogen and oxygen atoms in total. The van der Waals surface area contributed by atoms with Crippen LogP contribution in [0, 0.1) is 11.8 Å². The fourth-order valence-electron chi connectivity index (χ4n) is 3.98. The summed E-state index contributed by atoms with van der Waals surface area (Å²) in [7, 11) is -3.45. The van der Waals surface area contributed by atoms with Gasteiger partial charge in [0.1, 0.15) is 5.69 Å². The molecule has 304 valence electrons. The van der Waals surface area contributed by atoms with E-state index in [1.165, 1.54) is 19.3 Å². The number of hydrogen-bond acceptors (Lipinski definition) is 16. The Morgan fingerprint density at radius 2 is 1.20 bits per heavy atom. The van der Waals surface area contributed by atoms with Crippen LogP contribution in [0.3, 0.4) is 0 Å². The van der Waals surface area contributed by atoms with E-state index in [9.17, 15) is 18.0 Å². The Kier molecular flexibility index (Phi) is 26.4. The molecule has 0 aromatic carbocycles. The number of carbonyl (C=O) groups is 2. The molecular weight excluding hydrogens is 730 g/mol. The highest BCUT2D eigenvalue weighted by Gasteiger charge is 2.09. The number of carbonyl (C=O) groups excluding carboxylic acids is 2. The number of amides is 2. The molecular formula is C34H55N7O12S. The molecule has 0 radical (unpaired) electrons. The van der Waals surface area contributed by atoms with E-state index in [4.69, 9.17) is 37.9 Å². The molecule has 54 heavy (non-hydrogen) atoms. The van der Waals surface area contributed by atoms with Crippen LogP contribution in [-0.2, 0) is 70.4 Å². The molecule has 0 unspecified atom stereocenters. The Labute approximate surface area is 317 Å². The molecule has 2 heterocycles. The molecule has 0 aliphatic rings. The fraction of sp³-hybridized carbons (Fsp3) is 0.706. The fourth-order valence-corrected chi connectivity index (χ4v) is 4.47. The van der Waals surface area contributed by atoms with E-state index >= 15 is 0 Å². The summed E-state index contributed by atoms with van der Waals surface area (Å²) in [4.78, 5) is 30.4. The first kappa shape index (κ1) is 46.5. The molecule has 0 spiro atoms. The molecule has 20 heteroatoms. The van der Waals surface area contributed by atoms with E-state index in [1.807, 2.05) is 0 Å². The normalized spacial score (nSPS) is 11.3. The van der Waals surface area contributed by atoms with Gasteiger partial charge in [0.2, 0.25) is 26.8 Å². The second kappa shape index (κ2) is 30.7. The van der Waals surface area contributed by atoms with Gasteiger partial charge in [0.25, 0.3) is 0 Å². The van der Waals surface area contributed by atoms with E-state index in [0.717, 1.165) is 6.26 Å². The van der Waals surface area contributed by atoms with Crippen LogP contribution in [-0.4, -0.2) is 164 Å². The van der Waals surface area contributed by atoms with Gasteiger partial charge in [0, 0.05) is 45.0 Å². The first-order chi connectivity index (χ1) is 26.2. The van der Waals surface area contributed by atoms with Gasteiger partial charge in [-0.3, -0.25) is 9.59 Å². The maximum absolute atomic E-state index is 12.1. The number of rotatable bonds is 33. The first-order valence-electron chi connectivity index (χ1n) is 17.8. The summed E-state index contributed by atoms with van der Waals surface area (Å²) in [5, 5.41) is 13.3. The minimum absolute atomic E-state index is 0.0713. The van der Waals surface area contributed by atoms with Crippen LogP contribution in [0.4, 0.5) is 0 Å². The third-order valence-corrected chi connectivity index (χ3v) is 7.51. The largest absolute Gasteiger partial charge is 0.377 e. The lowest BCUT2D eigenvalue weighted by atomic mass is 10.2. The van der Waals surface area contributed by atoms with Crippen LogP contribution in [0.2, 0.25) is 0 Å². The standard InChI is InChI=1S/C34H55N7O12S/c1-30(42)35-8-10-46-12-14-48-16-18-50-20-22-52-24-25-53-23-21-51-19-17-49-15-13-47-11-9-41-29-32(39-40-41)28-36-33(43)7-5-3-4-6-31-26-37-34(38-27-31)54(2,44)45/h26-27,29H,3,5,7-25,28H2,1-2H3,(H,35,42)(H,36,43). The molecule has 0 fully saturated rings. The molecule has 0 saturated carbocycles. The van der Waals surface area contributed by atoms with Crippen molar-refractivity contribution in [2.45, 2.75) is 44.4 Å². The zero-order valence-electron chi connectivity index (χ0n) is 31.3. The van der Waals surface area contributed by atoms with Crippen molar-refractivity contribution in [2.24, 2.45) is 0 Å². The summed E-state index contributed by atoms with van der Waals surface area (Å²) in [6.07, 6.45) is 6.87. The van der Waals surface area contributed by atoms with Gasteiger partial charge in [-0.05, 0) is 6.42 Å². The van der Waals surface area contributed by atoms with Crippen molar-refractivity contribution in [2.75, 3.05) is 119 Å². The minimum Gasteiger partial charge on any atom is -0.377 e. The Balaban J connectivity index is 1.29. The zero-order valence-corrected chi connectivity index (χ0v) is 32.1. The Morgan fingerprint density at radius 1 is 0.722 bits per heavy atom. The van der Waals surface area contributed by atoms with Gasteiger partial charge in [-0.1, -0.05) is 17.1 Å². The number of nitrogens with one attached hydrogen (secondary N) is 2. The number of ether oxygens (including phenoxy) is 8. The number of hydrogen-bond donors (Lipinski definition) is 2. The van der Waals surface area contributed by atoms with Crippen LogP contribution in [0.1, 0.15) is 37.4 Å². The zero-order chi connectivity index (χ0) is 39.0. The molecule has 0 atom stereocenters. The average molecular weight is 786 g/mol. The maximum atomic E-state index is 12.1. The molecule has 2 rings (SSSR count). The van der Waals surface area contributed by atoms with Crippen LogP contribution >= 0.6 is 0 Å². The summed E-state index contributed by atoms with van der Waals surface area (Å²) >= 11 is 0. The highest BCUT2D eigenvalue weighted by Crippen LogP contribution is 2.02. The first-order valence-corrected chi connectivity index (χ1v) is 19.7. The SMILES string of the molecule is CC(=O)NCCOCCOCCOCCOCCOCCOCCOCCOCCn1cc(CNC(=O)CCCC#Cc2cnc(S(C)(=O)=O)nc2)nn1. The van der Waals surface area contributed by atoms with E-state index in [-0.39, 0.29) is 23.5 Å². The smallest absolute Gasteiger partial charge is 0.246 e. The molecule has 0 bridgehead atoms. The molecule has 0 saturated heterocycles. The Hall–Kier alpha value is -3.65. The van der Waals surface area contributed by atoms with Crippen molar-refractivity contribution in [1.29, 1.82) is 0 Å². The van der Waals surface area contributed by atoms with Gasteiger partial charge in [-0.15, -0.1) is 5.10 Å². The molecule has 2 amide bonds. The van der Waals surface area contributed by atoms with Crippen molar-refractivity contribution in [3.63, 3.8) is 0 Å². The van der Waals surface area contributed by atoms with Crippen LogP contribution in [0.5, 0.6) is 0 Å². The molecule has 2 aromatic heterocycles. The molecule has 0 aliphatic heterocycles. The van der Waals surface area contributed by atoms with Crippen LogP contribution in [0.15, 0.2) is 23.7 Å². The third kappa shape index (κ3) is 26.2. The second-order valence-electron chi connectivity index (χ2n) is 11.3. The van der Waals surface area contributed by atoms with Crippen molar-refractivity contribution in [3.05, 3.63) is 29.8 Å². The summed E-state index contributed by atoms with van der Waals surface area (Å²) in [6, 6.07) is 0. The molecule has 2 aromatic rings. The Morgan fingerprint density at radius 3 is 1.69 bits per heavy atom. The lowest BCUT2D eigenvalue weighted by molar-refractivity contribution is -0.121. The van der Waals surface area contributed by atoms with E-state index < -0.39 is 9.84 Å². The van der Waals surface area contributed by atoms with Gasteiger partial charge < -0.3 is 48.5 Å². The quantitative estimate of drug-likeness (QED) is 0.0533. The lowest BCUT2D eigenvalue weighted by Gasteiger charge is -2.09. The number of sulfone groups is 1. The van der Waals surface area contributed by atoms with E-state index in [0.29, 0.717) is 149 Å². The van der Waals surface area contributed by atoms with Gasteiger partial charge in [-0.2, -0.15) is 0 Å². The predicted octanol–water partition coefficient (Wildman–Crippen LogP) is -0.421. The topological polar surface area (TPSA) is 223 Å². The number of unbranched alkanes of at least 4 members (excludes halogenated alkanes) is 1. The highest BCUT2D eigenvalue weighted by atomic mass is 32.2. The highest BCUT2D eigenvalue weighted by molar-refractivity contribution is 7.90. The molecule has 0 aliphatic carbocycles. The lowest BCUT2D eigenvalue weighted by Crippen LogP contribution is -2.25. The monoisotopic (exact) mass is 785 g/mol. The maximum Gasteiger partial charge on any atom is 0.246 e. The summed E-state index contributed by atoms with van der Waals surface area (Å²) in [5.41, 5.74) is 1.14. The van der Waals surface area contributed by atoms with E-state index in [1.54, 1.807) is 10.9 Å². The number of nitrogens with zero attached hydrogens (tertiary/aromatic N) is 5. The van der Waals surface area contributed by atoms with Crippen LogP contribution in [0.25, 0.3) is 0 Å². The van der Waals surface area contributed by atoms with Crippen LogP contribution < -0.4 is 10.6 Å². The molecule has 2 N–H and O–H groups in total. The third-order valence-electron chi connectivity index (χ3n) is 6.64. The van der Waals surface area contributed by atoms with Crippen molar-refractivity contribution >= 4 is 21.7 Å². The second-order valence-corrected chi connectivity index (χ2v) is 13.2. The predicted molar refractivity (Wildman–Crippen MR) is 193 cm³/mol. The van der Waals surface area contributed by atoms with Crippen molar-refractivity contribution in [1.82, 2.24) is 35.6 Å². The van der Waals surface area contributed by atoms with Crippen molar-refractivity contribution in [3.8, 4) is 11.8 Å². The number of aromatic nitrogens is 5. The minimum atomic E-state index is -3.45. The van der Waals surface area contributed by atoms with Gasteiger partial charge in [0.05, 0.1) is 131 Å². The van der Waals surface area contributed by atoms with Gasteiger partial charge >= 0.3 is 0 Å². The summed E-state index contributed by atoms with van der Waals surface area (Å²) in [5.74, 6) is 5.59. The van der Waals surface area contributed by atoms with Gasteiger partial charge in [-0.25, -0.2) is 23.1 Å².